The molecule has 2 N–H and O–H groups in total. The van der Waals surface area contributed by atoms with Gasteiger partial charge in [0.05, 0.1) is 34.9 Å². The smallest absolute Gasteiger partial charge is 0.261 e. The highest BCUT2D eigenvalue weighted by Crippen LogP contribution is 2.32. The number of anilines is 1. The number of aromatic nitrogens is 5. The number of aryl methyl sites for hydroxylation is 1. The first kappa shape index (κ1) is 29.8. The average Bonchev–Trinajstić information content (AvgIpc) is 3.44. The van der Waals surface area contributed by atoms with Gasteiger partial charge in [-0.2, -0.15) is 5.10 Å². The number of carbonyl (C=O) groups excluding carboxylic acids is 1. The minimum atomic E-state index is -1.08. The van der Waals surface area contributed by atoms with E-state index in [0.717, 1.165) is 50.2 Å². The Labute approximate surface area is 246 Å². The molecule has 42 heavy (non-hydrogen) atoms. The number of rotatable bonds is 9. The molecule has 4 aromatic rings. The Bertz CT molecular complexity index is 1580. The summed E-state index contributed by atoms with van der Waals surface area (Å²) in [5.41, 5.74) is 2.85. The fraction of sp³-hybridized carbons (Fsp3) is 0.484. The number of nitrogens with one attached hydrogen (secondary N) is 1. The highest BCUT2D eigenvalue weighted by molar-refractivity contribution is 6.05. The minimum Gasteiger partial charge on any atom is -0.389 e. The number of nitrogens with zero attached hydrogens (tertiary/aromatic N) is 7. The summed E-state index contributed by atoms with van der Waals surface area (Å²) in [4.78, 5) is 27.0. The lowest BCUT2D eigenvalue weighted by Crippen LogP contribution is -2.37. The Morgan fingerprint density at radius 3 is 2.60 bits per heavy atom. The average molecular weight is 577 g/mol. The van der Waals surface area contributed by atoms with Gasteiger partial charge >= 0.3 is 0 Å². The number of likely N-dealkylation sites (N-methyl/N-ethyl adjacent to an activating group) is 1. The number of imidazole rings is 1. The summed E-state index contributed by atoms with van der Waals surface area (Å²) >= 11 is 0. The third kappa shape index (κ3) is 6.38. The number of pyridine rings is 1. The fourth-order valence-corrected chi connectivity index (χ4v) is 5.57. The molecule has 5 rings (SSSR count). The Morgan fingerprint density at radius 2 is 1.95 bits per heavy atom. The molecule has 1 fully saturated rings. The van der Waals surface area contributed by atoms with Gasteiger partial charge in [0.1, 0.15) is 5.69 Å². The highest BCUT2D eigenvalue weighted by atomic mass is 19.1. The molecule has 0 radical (unpaired) electrons. The second-order valence-corrected chi connectivity index (χ2v) is 12.2. The van der Waals surface area contributed by atoms with Crippen molar-refractivity contribution in [1.82, 2.24) is 34.1 Å². The van der Waals surface area contributed by atoms with Gasteiger partial charge in [-0.05, 0) is 90.5 Å². The van der Waals surface area contributed by atoms with Crippen molar-refractivity contribution in [3.05, 3.63) is 59.3 Å². The lowest BCUT2D eigenvalue weighted by atomic mass is 9.89. The van der Waals surface area contributed by atoms with E-state index in [1.165, 1.54) is 24.0 Å². The number of carbonyl (C=O) groups is 1. The van der Waals surface area contributed by atoms with Crippen LogP contribution in [0.2, 0.25) is 0 Å². The summed E-state index contributed by atoms with van der Waals surface area (Å²) in [6.45, 7) is 9.67. The molecule has 11 heteroatoms. The van der Waals surface area contributed by atoms with E-state index in [1.807, 2.05) is 17.6 Å². The number of benzene rings is 1. The van der Waals surface area contributed by atoms with E-state index < -0.39 is 17.3 Å². The first-order valence-corrected chi connectivity index (χ1v) is 14.5. The molecule has 4 heterocycles. The standard InChI is InChI=1S/C31H41FN8O2/c1-20-24(18-34-38(20)6)28-27(32)23(9-12-33-28)29(41)36-30-35-25-8-7-22(17-26(25)40(30)19-31(2,3)42)21-10-13-39(14-11-21)16-15-37(4)5/h7-9,12,17-18,21,42H,10-11,13-16,19H2,1-6H3,(H,35,36,41). The molecule has 224 valence electrons. The van der Waals surface area contributed by atoms with Crippen LogP contribution < -0.4 is 5.32 Å². The Hall–Kier alpha value is -3.67. The van der Waals surface area contributed by atoms with E-state index in [2.05, 4.69) is 56.4 Å². The van der Waals surface area contributed by atoms with Crippen LogP contribution >= 0.6 is 0 Å². The first-order chi connectivity index (χ1) is 19.9. The maximum absolute atomic E-state index is 15.6. The Balaban J connectivity index is 1.42. The topological polar surface area (TPSA) is 104 Å². The molecule has 1 aliphatic rings. The van der Waals surface area contributed by atoms with Crippen molar-refractivity contribution in [2.24, 2.45) is 7.05 Å². The number of piperidine rings is 1. The van der Waals surface area contributed by atoms with Gasteiger partial charge in [-0.3, -0.25) is 19.8 Å². The van der Waals surface area contributed by atoms with Crippen molar-refractivity contribution in [2.45, 2.75) is 51.7 Å². The highest BCUT2D eigenvalue weighted by Gasteiger charge is 2.26. The SMILES string of the molecule is Cc1c(-c2nccc(C(=O)Nc3nc4ccc(C5CCN(CCN(C)C)CC5)cc4n3CC(C)(C)O)c2F)cnn1C. The third-order valence-electron chi connectivity index (χ3n) is 8.09. The summed E-state index contributed by atoms with van der Waals surface area (Å²) in [5, 5.41) is 17.7. The molecule has 1 aliphatic heterocycles. The molecular formula is C31H41FN8O2. The number of aliphatic hydroxyl groups is 1. The molecule has 0 atom stereocenters. The number of halogens is 1. The second-order valence-electron chi connectivity index (χ2n) is 12.2. The van der Waals surface area contributed by atoms with Gasteiger partial charge in [-0.15, -0.1) is 0 Å². The van der Waals surface area contributed by atoms with Crippen LogP contribution in [0.4, 0.5) is 10.3 Å². The van der Waals surface area contributed by atoms with Gasteiger partial charge in [-0.1, -0.05) is 6.07 Å². The van der Waals surface area contributed by atoms with Gasteiger partial charge < -0.3 is 19.5 Å². The Kier molecular flexibility index (Phi) is 8.45. The van der Waals surface area contributed by atoms with Crippen LogP contribution in [0.1, 0.15) is 54.2 Å². The molecule has 1 amide bonds. The number of amides is 1. The number of hydrogen-bond donors (Lipinski definition) is 2. The van der Waals surface area contributed by atoms with Crippen molar-refractivity contribution in [1.29, 1.82) is 0 Å². The summed E-state index contributed by atoms with van der Waals surface area (Å²) in [7, 11) is 5.97. The monoisotopic (exact) mass is 576 g/mol. The minimum absolute atomic E-state index is 0.0654. The molecule has 0 spiro atoms. The summed E-state index contributed by atoms with van der Waals surface area (Å²) in [6.07, 6.45) is 5.10. The zero-order valence-corrected chi connectivity index (χ0v) is 25.4. The van der Waals surface area contributed by atoms with Gasteiger partial charge in [0.2, 0.25) is 5.95 Å². The number of likely N-dealkylation sites (tertiary alicyclic amines) is 1. The van der Waals surface area contributed by atoms with Crippen molar-refractivity contribution in [3.63, 3.8) is 0 Å². The molecule has 3 aromatic heterocycles. The van der Waals surface area contributed by atoms with Crippen molar-refractivity contribution in [2.75, 3.05) is 45.6 Å². The summed E-state index contributed by atoms with van der Waals surface area (Å²) in [5.74, 6) is -0.692. The quantitative estimate of drug-likeness (QED) is 0.310. The molecule has 1 aromatic carbocycles. The predicted octanol–water partition coefficient (Wildman–Crippen LogP) is 4.04. The maximum Gasteiger partial charge on any atom is 0.261 e. The lowest BCUT2D eigenvalue weighted by molar-refractivity contribution is 0.0630. The van der Waals surface area contributed by atoms with E-state index >= 15 is 4.39 Å². The van der Waals surface area contributed by atoms with Crippen molar-refractivity contribution >= 4 is 22.9 Å². The van der Waals surface area contributed by atoms with Crippen LogP contribution in [0.3, 0.4) is 0 Å². The van der Waals surface area contributed by atoms with Gasteiger partial charge in [0.15, 0.2) is 5.82 Å². The molecule has 0 saturated carbocycles. The van der Waals surface area contributed by atoms with Crippen LogP contribution in [0, 0.1) is 12.7 Å². The van der Waals surface area contributed by atoms with Crippen LogP contribution in [0.15, 0.2) is 36.7 Å². The van der Waals surface area contributed by atoms with E-state index in [-0.39, 0.29) is 23.8 Å². The van der Waals surface area contributed by atoms with Crippen molar-refractivity contribution in [3.8, 4) is 11.3 Å². The second kappa shape index (κ2) is 11.9. The van der Waals surface area contributed by atoms with Crippen molar-refractivity contribution < 1.29 is 14.3 Å². The van der Waals surface area contributed by atoms with E-state index in [9.17, 15) is 9.90 Å². The number of hydrogen-bond acceptors (Lipinski definition) is 7. The zero-order valence-electron chi connectivity index (χ0n) is 25.4. The van der Waals surface area contributed by atoms with E-state index in [0.29, 0.717) is 17.0 Å². The van der Waals surface area contributed by atoms with Crippen LogP contribution in [0.5, 0.6) is 0 Å². The molecule has 0 bridgehead atoms. The zero-order chi connectivity index (χ0) is 30.2. The van der Waals surface area contributed by atoms with Crippen LogP contribution in [-0.4, -0.2) is 91.0 Å². The summed E-state index contributed by atoms with van der Waals surface area (Å²) in [6, 6.07) is 7.56. The Morgan fingerprint density at radius 1 is 1.21 bits per heavy atom. The largest absolute Gasteiger partial charge is 0.389 e. The normalized spacial score (nSPS) is 15.2. The van der Waals surface area contributed by atoms with Crippen LogP contribution in [0.25, 0.3) is 22.3 Å². The molecule has 0 unspecified atom stereocenters. The van der Waals surface area contributed by atoms with Gasteiger partial charge in [-0.25, -0.2) is 9.37 Å². The first-order valence-electron chi connectivity index (χ1n) is 14.5. The fourth-order valence-electron chi connectivity index (χ4n) is 5.57. The molecular weight excluding hydrogens is 535 g/mol. The molecule has 0 aliphatic carbocycles. The lowest BCUT2D eigenvalue weighted by Gasteiger charge is -2.32. The number of fused-ring (bicyclic) bond motifs is 1. The van der Waals surface area contributed by atoms with Gasteiger partial charge in [0.25, 0.3) is 5.91 Å². The molecule has 10 nitrogen and oxygen atoms in total. The maximum atomic E-state index is 15.6. The molecule has 1 saturated heterocycles. The van der Waals surface area contributed by atoms with E-state index in [1.54, 1.807) is 25.6 Å². The van der Waals surface area contributed by atoms with Crippen LogP contribution in [-0.2, 0) is 13.6 Å². The summed E-state index contributed by atoms with van der Waals surface area (Å²) < 4.78 is 19.1. The van der Waals surface area contributed by atoms with E-state index in [4.69, 9.17) is 0 Å². The van der Waals surface area contributed by atoms with Gasteiger partial charge in [0, 0.05) is 37.6 Å². The third-order valence-corrected chi connectivity index (χ3v) is 8.09. The predicted molar refractivity (Wildman–Crippen MR) is 162 cm³/mol.